The van der Waals surface area contributed by atoms with Gasteiger partial charge in [0.25, 0.3) is 0 Å². The van der Waals surface area contributed by atoms with Gasteiger partial charge in [-0.15, -0.1) is 0 Å². The SMILES string of the molecule is Cc1cc([C@@H]2CCCN2C(=O)Cc2cn(C)c3ccccc23)no1. The minimum atomic E-state index is 0.0462. The van der Waals surface area contributed by atoms with Crippen LogP contribution in [-0.4, -0.2) is 27.1 Å². The van der Waals surface area contributed by atoms with Crippen molar-refractivity contribution in [2.45, 2.75) is 32.2 Å². The number of hydrogen-bond acceptors (Lipinski definition) is 3. The normalized spacial score (nSPS) is 17.8. The number of para-hydroxylation sites is 1. The summed E-state index contributed by atoms with van der Waals surface area (Å²) in [7, 11) is 2.02. The van der Waals surface area contributed by atoms with Crippen molar-refractivity contribution in [1.82, 2.24) is 14.6 Å². The van der Waals surface area contributed by atoms with Crippen molar-refractivity contribution in [1.29, 1.82) is 0 Å². The molecule has 1 aliphatic heterocycles. The quantitative estimate of drug-likeness (QED) is 0.742. The minimum Gasteiger partial charge on any atom is -0.361 e. The van der Waals surface area contributed by atoms with Gasteiger partial charge in [-0.2, -0.15) is 0 Å². The number of carbonyl (C=O) groups excluding carboxylic acids is 1. The molecule has 4 rings (SSSR count). The number of likely N-dealkylation sites (tertiary alicyclic amines) is 1. The van der Waals surface area contributed by atoms with Gasteiger partial charge in [0.1, 0.15) is 11.5 Å². The zero-order valence-corrected chi connectivity index (χ0v) is 14.0. The molecule has 1 amide bonds. The number of nitrogens with zero attached hydrogens (tertiary/aromatic N) is 3. The zero-order chi connectivity index (χ0) is 16.7. The van der Waals surface area contributed by atoms with E-state index in [1.807, 2.05) is 37.1 Å². The molecule has 3 aromatic rings. The topological polar surface area (TPSA) is 51.3 Å². The van der Waals surface area contributed by atoms with Gasteiger partial charge in [-0.05, 0) is 31.4 Å². The van der Waals surface area contributed by atoms with Crippen LogP contribution in [0, 0.1) is 6.92 Å². The Labute approximate surface area is 140 Å². The van der Waals surface area contributed by atoms with Crippen LogP contribution in [0.2, 0.25) is 0 Å². The molecule has 0 aliphatic carbocycles. The van der Waals surface area contributed by atoms with Gasteiger partial charge in [0.05, 0.1) is 12.5 Å². The van der Waals surface area contributed by atoms with Crippen LogP contribution in [-0.2, 0) is 18.3 Å². The Morgan fingerprint density at radius 2 is 2.21 bits per heavy atom. The summed E-state index contributed by atoms with van der Waals surface area (Å²) in [4.78, 5) is 14.9. The first-order chi connectivity index (χ1) is 11.6. The first-order valence-electron chi connectivity index (χ1n) is 8.39. The molecule has 5 heteroatoms. The van der Waals surface area contributed by atoms with Gasteiger partial charge in [-0.25, -0.2) is 0 Å². The van der Waals surface area contributed by atoms with Crippen molar-refractivity contribution in [2.75, 3.05) is 6.54 Å². The second-order valence-corrected chi connectivity index (χ2v) is 6.57. The fraction of sp³-hybridized carbons (Fsp3) is 0.368. The summed E-state index contributed by atoms with van der Waals surface area (Å²) in [5.41, 5.74) is 3.11. The lowest BCUT2D eigenvalue weighted by molar-refractivity contribution is -0.131. The van der Waals surface area contributed by atoms with Gasteiger partial charge in [0.15, 0.2) is 0 Å². The summed E-state index contributed by atoms with van der Waals surface area (Å²) in [6.45, 7) is 2.67. The lowest BCUT2D eigenvalue weighted by Gasteiger charge is -2.23. The fourth-order valence-electron chi connectivity index (χ4n) is 3.75. The Morgan fingerprint density at radius 3 is 3.00 bits per heavy atom. The van der Waals surface area contributed by atoms with Gasteiger partial charge in [-0.1, -0.05) is 23.4 Å². The predicted octanol–water partition coefficient (Wildman–Crippen LogP) is 3.38. The number of aryl methyl sites for hydroxylation is 2. The molecule has 3 heterocycles. The maximum atomic E-state index is 12.9. The molecule has 1 atom stereocenters. The Balaban J connectivity index is 1.59. The first-order valence-corrected chi connectivity index (χ1v) is 8.39. The van der Waals surface area contributed by atoms with Crippen LogP contribution in [0.15, 0.2) is 41.1 Å². The zero-order valence-electron chi connectivity index (χ0n) is 14.0. The van der Waals surface area contributed by atoms with E-state index in [0.717, 1.165) is 47.3 Å². The number of carbonyl (C=O) groups is 1. The van der Waals surface area contributed by atoms with Crippen molar-refractivity contribution >= 4 is 16.8 Å². The van der Waals surface area contributed by atoms with E-state index >= 15 is 0 Å². The summed E-state index contributed by atoms with van der Waals surface area (Å²) >= 11 is 0. The Bertz CT molecular complexity index is 893. The number of hydrogen-bond donors (Lipinski definition) is 0. The molecule has 0 radical (unpaired) electrons. The van der Waals surface area contributed by atoms with Crippen molar-refractivity contribution in [2.24, 2.45) is 7.05 Å². The van der Waals surface area contributed by atoms with Crippen molar-refractivity contribution in [3.8, 4) is 0 Å². The molecular weight excluding hydrogens is 302 g/mol. The average Bonchev–Trinajstić information content (AvgIpc) is 3.28. The van der Waals surface area contributed by atoms with E-state index in [9.17, 15) is 4.79 Å². The number of benzene rings is 1. The number of amides is 1. The van der Waals surface area contributed by atoms with E-state index in [0.29, 0.717) is 6.42 Å². The van der Waals surface area contributed by atoms with Gasteiger partial charge in [0.2, 0.25) is 5.91 Å². The highest BCUT2D eigenvalue weighted by atomic mass is 16.5. The summed E-state index contributed by atoms with van der Waals surface area (Å²) in [5.74, 6) is 0.952. The number of rotatable bonds is 3. The molecule has 5 nitrogen and oxygen atoms in total. The fourth-order valence-corrected chi connectivity index (χ4v) is 3.75. The molecular formula is C19H21N3O2. The summed E-state index contributed by atoms with van der Waals surface area (Å²) in [6, 6.07) is 10.2. The molecule has 0 spiro atoms. The van der Waals surface area contributed by atoms with E-state index in [2.05, 4.69) is 28.1 Å². The second-order valence-electron chi connectivity index (χ2n) is 6.57. The number of fused-ring (bicyclic) bond motifs is 1. The molecule has 0 unspecified atom stereocenters. The van der Waals surface area contributed by atoms with Crippen molar-refractivity contribution in [3.05, 3.63) is 53.5 Å². The van der Waals surface area contributed by atoms with E-state index in [1.54, 1.807) is 0 Å². The standard InChI is InChI=1S/C19H21N3O2/c1-13-10-16(20-24-13)18-8-5-9-22(18)19(23)11-14-12-21(2)17-7-4-3-6-15(14)17/h3-4,6-7,10,12,18H,5,8-9,11H2,1-2H3/t18-/m0/s1. The van der Waals surface area contributed by atoms with Crippen LogP contribution in [0.4, 0.5) is 0 Å². The monoisotopic (exact) mass is 323 g/mol. The largest absolute Gasteiger partial charge is 0.361 e. The van der Waals surface area contributed by atoms with E-state index in [1.165, 1.54) is 0 Å². The molecule has 2 aromatic heterocycles. The molecule has 0 bridgehead atoms. The second kappa shape index (κ2) is 5.82. The molecule has 1 aliphatic rings. The van der Waals surface area contributed by atoms with Crippen LogP contribution >= 0.6 is 0 Å². The Kier molecular flexibility index (Phi) is 3.63. The third kappa shape index (κ3) is 2.50. The predicted molar refractivity (Wildman–Crippen MR) is 91.6 cm³/mol. The summed E-state index contributed by atoms with van der Waals surface area (Å²) in [5, 5.41) is 5.27. The van der Waals surface area contributed by atoms with Gasteiger partial charge < -0.3 is 14.0 Å². The highest BCUT2D eigenvalue weighted by Gasteiger charge is 2.32. The van der Waals surface area contributed by atoms with Gasteiger partial charge in [0, 0.05) is 36.8 Å². The third-order valence-corrected chi connectivity index (χ3v) is 4.88. The molecule has 1 saturated heterocycles. The molecule has 0 saturated carbocycles. The maximum Gasteiger partial charge on any atom is 0.227 e. The highest BCUT2D eigenvalue weighted by molar-refractivity contribution is 5.89. The summed E-state index contributed by atoms with van der Waals surface area (Å²) < 4.78 is 7.28. The Hall–Kier alpha value is -2.56. The maximum absolute atomic E-state index is 12.9. The Morgan fingerprint density at radius 1 is 1.38 bits per heavy atom. The van der Waals surface area contributed by atoms with Gasteiger partial charge >= 0.3 is 0 Å². The molecule has 124 valence electrons. The van der Waals surface area contributed by atoms with Crippen LogP contribution in [0.25, 0.3) is 10.9 Å². The third-order valence-electron chi connectivity index (χ3n) is 4.88. The lowest BCUT2D eigenvalue weighted by atomic mass is 10.1. The van der Waals surface area contributed by atoms with Gasteiger partial charge in [-0.3, -0.25) is 4.79 Å². The summed E-state index contributed by atoms with van der Waals surface area (Å²) in [6.07, 6.45) is 4.45. The van der Waals surface area contributed by atoms with E-state index in [-0.39, 0.29) is 11.9 Å². The minimum absolute atomic E-state index is 0.0462. The van der Waals surface area contributed by atoms with Crippen LogP contribution in [0.5, 0.6) is 0 Å². The molecule has 1 aromatic carbocycles. The molecule has 1 fully saturated rings. The first kappa shape index (κ1) is 15.0. The highest BCUT2D eigenvalue weighted by Crippen LogP contribution is 2.32. The number of aromatic nitrogens is 2. The van der Waals surface area contributed by atoms with E-state index in [4.69, 9.17) is 4.52 Å². The van der Waals surface area contributed by atoms with Crippen LogP contribution in [0.3, 0.4) is 0 Å². The smallest absolute Gasteiger partial charge is 0.227 e. The lowest BCUT2D eigenvalue weighted by Crippen LogP contribution is -2.32. The van der Waals surface area contributed by atoms with Crippen molar-refractivity contribution in [3.63, 3.8) is 0 Å². The molecule has 0 N–H and O–H groups in total. The van der Waals surface area contributed by atoms with Crippen LogP contribution in [0.1, 0.15) is 35.9 Å². The molecule has 24 heavy (non-hydrogen) atoms. The van der Waals surface area contributed by atoms with Crippen molar-refractivity contribution < 1.29 is 9.32 Å². The average molecular weight is 323 g/mol. The van der Waals surface area contributed by atoms with Crippen LogP contribution < -0.4 is 0 Å². The van der Waals surface area contributed by atoms with E-state index < -0.39 is 0 Å².